The van der Waals surface area contributed by atoms with Crippen LogP contribution in [0.2, 0.25) is 0 Å². The van der Waals surface area contributed by atoms with Crippen molar-refractivity contribution in [3.8, 4) is 12.3 Å². The van der Waals surface area contributed by atoms with Crippen LogP contribution in [0.15, 0.2) is 0 Å². The number of likely N-dealkylation sites (tertiary alicyclic amines) is 1. The first-order valence-corrected chi connectivity index (χ1v) is 5.59. The molecule has 0 aromatic carbocycles. The molecule has 0 bridgehead atoms. The molecule has 0 unspecified atom stereocenters. The molecule has 13 heavy (non-hydrogen) atoms. The highest BCUT2D eigenvalue weighted by atomic mass is 15.2. The summed E-state index contributed by atoms with van der Waals surface area (Å²) >= 11 is 0. The predicted octanol–water partition coefficient (Wildman–Crippen LogP) is 2.27. The molecule has 1 aliphatic carbocycles. The smallest absolute Gasteiger partial charge is 0.0214 e. The summed E-state index contributed by atoms with van der Waals surface area (Å²) in [6.07, 6.45) is 13.5. The minimum Gasteiger partial charge on any atom is -0.299 e. The van der Waals surface area contributed by atoms with E-state index in [0.29, 0.717) is 0 Å². The van der Waals surface area contributed by atoms with Crippen LogP contribution in [0.1, 0.15) is 38.5 Å². The van der Waals surface area contributed by atoms with Crippen molar-refractivity contribution >= 4 is 0 Å². The number of fused-ring (bicyclic) bond motifs is 1. The second kappa shape index (κ2) is 4.15. The third kappa shape index (κ3) is 1.89. The van der Waals surface area contributed by atoms with Crippen LogP contribution in [0.3, 0.4) is 0 Å². The molecule has 1 saturated heterocycles. The molecular formula is C12H19N. The van der Waals surface area contributed by atoms with Crippen molar-refractivity contribution in [3.63, 3.8) is 0 Å². The molecule has 0 N–H and O–H groups in total. The third-order valence-corrected chi connectivity index (χ3v) is 3.67. The zero-order chi connectivity index (χ0) is 9.10. The Bertz CT molecular complexity index is 204. The van der Waals surface area contributed by atoms with Crippen LogP contribution < -0.4 is 0 Å². The Morgan fingerprint density at radius 3 is 2.92 bits per heavy atom. The number of terminal acetylenes is 1. The van der Waals surface area contributed by atoms with Crippen molar-refractivity contribution in [3.05, 3.63) is 0 Å². The lowest BCUT2D eigenvalue weighted by Crippen LogP contribution is -2.35. The fourth-order valence-electron chi connectivity index (χ4n) is 2.99. The van der Waals surface area contributed by atoms with Gasteiger partial charge in [0.25, 0.3) is 0 Å². The summed E-state index contributed by atoms with van der Waals surface area (Å²) in [5, 5.41) is 0. The molecule has 2 rings (SSSR count). The molecule has 1 nitrogen and oxygen atoms in total. The van der Waals surface area contributed by atoms with Crippen LogP contribution >= 0.6 is 0 Å². The number of hydrogen-bond donors (Lipinski definition) is 0. The highest BCUT2D eigenvalue weighted by Crippen LogP contribution is 2.35. The molecule has 0 spiro atoms. The molecule has 0 radical (unpaired) electrons. The van der Waals surface area contributed by atoms with E-state index in [4.69, 9.17) is 6.42 Å². The molecule has 0 aromatic rings. The Balaban J connectivity index is 1.88. The molecule has 2 fully saturated rings. The summed E-state index contributed by atoms with van der Waals surface area (Å²) in [5.41, 5.74) is 0. The lowest BCUT2D eigenvalue weighted by molar-refractivity contribution is 0.186. The average Bonchev–Trinajstić information content (AvgIpc) is 2.58. The Hall–Kier alpha value is -0.480. The van der Waals surface area contributed by atoms with Crippen LogP contribution in [0, 0.1) is 18.3 Å². The summed E-state index contributed by atoms with van der Waals surface area (Å²) < 4.78 is 0. The largest absolute Gasteiger partial charge is 0.299 e. The highest BCUT2D eigenvalue weighted by molar-refractivity contribution is 4.92. The van der Waals surface area contributed by atoms with E-state index in [1.165, 1.54) is 38.6 Å². The van der Waals surface area contributed by atoms with Gasteiger partial charge >= 0.3 is 0 Å². The molecular weight excluding hydrogens is 158 g/mol. The number of rotatable bonds is 2. The van der Waals surface area contributed by atoms with Crippen LogP contribution in [-0.2, 0) is 0 Å². The average molecular weight is 177 g/mol. The molecule has 1 heteroatoms. The van der Waals surface area contributed by atoms with Gasteiger partial charge in [0.1, 0.15) is 0 Å². The van der Waals surface area contributed by atoms with E-state index in [0.717, 1.165) is 24.9 Å². The summed E-state index contributed by atoms with van der Waals surface area (Å²) in [6.45, 7) is 2.44. The molecule has 0 aromatic heterocycles. The zero-order valence-corrected chi connectivity index (χ0v) is 8.34. The van der Waals surface area contributed by atoms with Crippen molar-refractivity contribution in [1.82, 2.24) is 4.90 Å². The topological polar surface area (TPSA) is 3.24 Å². The quantitative estimate of drug-likeness (QED) is 0.585. The normalized spacial score (nSPS) is 34.1. The van der Waals surface area contributed by atoms with Crippen LogP contribution in [-0.4, -0.2) is 24.0 Å². The fourth-order valence-corrected chi connectivity index (χ4v) is 2.99. The molecule has 2 aliphatic rings. The van der Waals surface area contributed by atoms with E-state index in [2.05, 4.69) is 10.8 Å². The van der Waals surface area contributed by atoms with Crippen LogP contribution in [0.4, 0.5) is 0 Å². The molecule has 2 atom stereocenters. The first-order chi connectivity index (χ1) is 6.42. The minimum absolute atomic E-state index is 0.891. The predicted molar refractivity (Wildman–Crippen MR) is 55.4 cm³/mol. The summed E-state index contributed by atoms with van der Waals surface area (Å²) in [7, 11) is 0. The highest BCUT2D eigenvalue weighted by Gasteiger charge is 2.34. The zero-order valence-electron chi connectivity index (χ0n) is 8.34. The fraction of sp³-hybridized carbons (Fsp3) is 0.833. The maximum Gasteiger partial charge on any atom is 0.0214 e. The van der Waals surface area contributed by atoms with E-state index in [1.807, 2.05) is 0 Å². The van der Waals surface area contributed by atoms with Gasteiger partial charge in [-0.1, -0.05) is 12.8 Å². The Morgan fingerprint density at radius 2 is 2.08 bits per heavy atom. The van der Waals surface area contributed by atoms with Crippen molar-refractivity contribution in [2.75, 3.05) is 13.1 Å². The van der Waals surface area contributed by atoms with Gasteiger partial charge in [-0.2, -0.15) is 0 Å². The number of nitrogens with zero attached hydrogens (tertiary/aromatic N) is 1. The lowest BCUT2D eigenvalue weighted by Gasteiger charge is -2.31. The van der Waals surface area contributed by atoms with Gasteiger partial charge in [0.05, 0.1) is 0 Å². The molecule has 0 amide bonds. The monoisotopic (exact) mass is 177 g/mol. The van der Waals surface area contributed by atoms with E-state index >= 15 is 0 Å². The Kier molecular flexibility index (Phi) is 2.90. The third-order valence-electron chi connectivity index (χ3n) is 3.67. The van der Waals surface area contributed by atoms with Gasteiger partial charge in [-0.25, -0.2) is 0 Å². The lowest BCUT2D eigenvalue weighted by atomic mass is 9.85. The van der Waals surface area contributed by atoms with E-state index < -0.39 is 0 Å². The first kappa shape index (κ1) is 9.09. The van der Waals surface area contributed by atoms with Gasteiger partial charge in [-0.3, -0.25) is 4.90 Å². The van der Waals surface area contributed by atoms with E-state index in [9.17, 15) is 0 Å². The molecule has 1 saturated carbocycles. The van der Waals surface area contributed by atoms with Crippen LogP contribution in [0.25, 0.3) is 0 Å². The van der Waals surface area contributed by atoms with Gasteiger partial charge in [-0.15, -0.1) is 12.3 Å². The maximum absolute atomic E-state index is 5.30. The summed E-state index contributed by atoms with van der Waals surface area (Å²) in [4.78, 5) is 2.63. The maximum atomic E-state index is 5.30. The first-order valence-electron chi connectivity index (χ1n) is 5.59. The molecule has 1 heterocycles. The second-order valence-electron chi connectivity index (χ2n) is 4.39. The van der Waals surface area contributed by atoms with Gasteiger partial charge < -0.3 is 0 Å². The molecule has 1 aliphatic heterocycles. The summed E-state index contributed by atoms with van der Waals surface area (Å²) in [6, 6.07) is 0.891. The Morgan fingerprint density at radius 1 is 1.23 bits per heavy atom. The van der Waals surface area contributed by atoms with Gasteiger partial charge in [0.2, 0.25) is 0 Å². The Labute approximate surface area is 81.5 Å². The standard InChI is InChI=1S/C12H19N/c1-2-3-9-13-10-8-11-6-4-5-7-12(11)13/h1,11-12H,3-10H2/t11-,12-/m0/s1. The van der Waals surface area contributed by atoms with E-state index in [-0.39, 0.29) is 0 Å². The summed E-state index contributed by atoms with van der Waals surface area (Å²) in [5.74, 6) is 3.75. The molecule has 72 valence electrons. The van der Waals surface area contributed by atoms with Crippen molar-refractivity contribution in [2.45, 2.75) is 44.6 Å². The van der Waals surface area contributed by atoms with Gasteiger partial charge in [0.15, 0.2) is 0 Å². The van der Waals surface area contributed by atoms with Gasteiger partial charge in [0, 0.05) is 19.0 Å². The van der Waals surface area contributed by atoms with E-state index in [1.54, 1.807) is 0 Å². The van der Waals surface area contributed by atoms with Crippen LogP contribution in [0.5, 0.6) is 0 Å². The van der Waals surface area contributed by atoms with Crippen molar-refractivity contribution in [1.29, 1.82) is 0 Å². The van der Waals surface area contributed by atoms with Crippen molar-refractivity contribution < 1.29 is 0 Å². The SMILES string of the molecule is C#CCCN1CC[C@@H]2CCCC[C@@H]21. The number of hydrogen-bond acceptors (Lipinski definition) is 1. The second-order valence-corrected chi connectivity index (χ2v) is 4.39. The van der Waals surface area contributed by atoms with Crippen molar-refractivity contribution in [2.24, 2.45) is 5.92 Å². The van der Waals surface area contributed by atoms with Gasteiger partial charge in [-0.05, 0) is 31.7 Å². The minimum atomic E-state index is 0.891.